The Hall–Kier alpha value is -2.42. The van der Waals surface area contributed by atoms with E-state index < -0.39 is 23.5 Å². The number of hydrogen-bond donors (Lipinski definition) is 0. The van der Waals surface area contributed by atoms with Crippen LogP contribution in [0, 0.1) is 5.82 Å². The minimum absolute atomic E-state index is 0.0634. The smallest absolute Gasteiger partial charge is 0.410 e. The molecule has 2 aromatic rings. The van der Waals surface area contributed by atoms with Crippen molar-refractivity contribution in [2.45, 2.75) is 45.8 Å². The summed E-state index contributed by atoms with van der Waals surface area (Å²) in [5.41, 5.74) is 1.62. The summed E-state index contributed by atoms with van der Waals surface area (Å²) in [6.45, 7) is 6.05. The molecule has 0 N–H and O–H groups in total. The molecule has 0 fully saturated rings. The normalized spacial score (nSPS) is 13.8. The molecule has 0 aliphatic carbocycles. The highest BCUT2D eigenvalue weighted by atomic mass is 79.9. The Bertz CT molecular complexity index is 952. The summed E-state index contributed by atoms with van der Waals surface area (Å²) >= 11 is 3.25. The van der Waals surface area contributed by atoms with Gasteiger partial charge in [-0.05, 0) is 39.0 Å². The number of amides is 1. The van der Waals surface area contributed by atoms with Crippen LogP contribution in [0.5, 0.6) is 0 Å². The molecule has 3 rings (SSSR count). The Morgan fingerprint density at radius 2 is 2.03 bits per heavy atom. The van der Waals surface area contributed by atoms with Gasteiger partial charge in [0.25, 0.3) is 0 Å². The Labute approximate surface area is 176 Å². The highest BCUT2D eigenvalue weighted by molar-refractivity contribution is 9.10. The van der Waals surface area contributed by atoms with E-state index in [1.807, 2.05) is 0 Å². The quantitative estimate of drug-likeness (QED) is 0.642. The number of halogens is 2. The van der Waals surface area contributed by atoms with Gasteiger partial charge in [-0.15, -0.1) is 0 Å². The molecule has 156 valence electrons. The second-order valence-corrected chi connectivity index (χ2v) is 8.70. The number of carbonyl (C=O) groups is 2. The SMILES string of the molecule is COC(=O)Cc1nn(-c2ccc(Br)cc2F)c2c1CN(C(=O)OC(C)(C)C)CC2. The molecule has 1 aromatic carbocycles. The first-order chi connectivity index (χ1) is 13.6. The fourth-order valence-electron chi connectivity index (χ4n) is 3.17. The van der Waals surface area contributed by atoms with Gasteiger partial charge in [0.1, 0.15) is 17.1 Å². The summed E-state index contributed by atoms with van der Waals surface area (Å²) in [6.07, 6.45) is -0.0422. The zero-order valence-corrected chi connectivity index (χ0v) is 18.4. The van der Waals surface area contributed by atoms with Crippen LogP contribution in [0.2, 0.25) is 0 Å². The highest BCUT2D eigenvalue weighted by Crippen LogP contribution is 2.29. The zero-order valence-electron chi connectivity index (χ0n) is 16.8. The van der Waals surface area contributed by atoms with E-state index in [0.29, 0.717) is 23.1 Å². The molecule has 0 unspecified atom stereocenters. The van der Waals surface area contributed by atoms with Crippen LogP contribution in [0.4, 0.5) is 9.18 Å². The predicted octanol–water partition coefficient (Wildman–Crippen LogP) is 3.78. The van der Waals surface area contributed by atoms with Gasteiger partial charge in [0.05, 0.1) is 31.5 Å². The fraction of sp³-hybridized carbons (Fsp3) is 0.450. The van der Waals surface area contributed by atoms with Crippen molar-refractivity contribution in [1.82, 2.24) is 14.7 Å². The zero-order chi connectivity index (χ0) is 21.3. The second-order valence-electron chi connectivity index (χ2n) is 7.78. The summed E-state index contributed by atoms with van der Waals surface area (Å²) in [4.78, 5) is 25.9. The summed E-state index contributed by atoms with van der Waals surface area (Å²) in [7, 11) is 1.30. The van der Waals surface area contributed by atoms with Crippen LogP contribution >= 0.6 is 15.9 Å². The van der Waals surface area contributed by atoms with Crippen molar-refractivity contribution >= 4 is 28.0 Å². The number of carbonyl (C=O) groups excluding carboxylic acids is 2. The van der Waals surface area contributed by atoms with Crippen LogP contribution in [-0.4, -0.2) is 46.0 Å². The number of hydrogen-bond acceptors (Lipinski definition) is 5. The third kappa shape index (κ3) is 4.77. The van der Waals surface area contributed by atoms with Crippen LogP contribution in [0.1, 0.15) is 37.7 Å². The maximum Gasteiger partial charge on any atom is 0.410 e. The van der Waals surface area contributed by atoms with Crippen molar-refractivity contribution in [3.8, 4) is 5.69 Å². The Morgan fingerprint density at radius 1 is 1.31 bits per heavy atom. The average Bonchev–Trinajstić information content (AvgIpc) is 2.97. The molecule has 0 saturated heterocycles. The number of aromatic nitrogens is 2. The van der Waals surface area contributed by atoms with Gasteiger partial charge in [-0.3, -0.25) is 4.79 Å². The molecule has 29 heavy (non-hydrogen) atoms. The lowest BCUT2D eigenvalue weighted by atomic mass is 10.0. The van der Waals surface area contributed by atoms with E-state index in [1.54, 1.807) is 37.8 Å². The number of fused-ring (bicyclic) bond motifs is 1. The molecule has 0 spiro atoms. The van der Waals surface area contributed by atoms with Crippen LogP contribution in [0.25, 0.3) is 5.69 Å². The molecule has 0 radical (unpaired) electrons. The maximum absolute atomic E-state index is 14.6. The molecule has 0 bridgehead atoms. The van der Waals surface area contributed by atoms with E-state index in [2.05, 4.69) is 21.0 Å². The monoisotopic (exact) mass is 467 g/mol. The topological polar surface area (TPSA) is 73.7 Å². The lowest BCUT2D eigenvalue weighted by Crippen LogP contribution is -2.40. The summed E-state index contributed by atoms with van der Waals surface area (Å²) in [5.74, 6) is -0.896. The standard InChI is InChI=1S/C20H23BrFN3O4/c1-20(2,3)29-19(27)24-8-7-16-13(11-24)15(10-18(26)28-4)23-25(16)17-6-5-12(21)9-14(17)22/h5-6,9H,7-8,10-11H2,1-4H3. The highest BCUT2D eigenvalue weighted by Gasteiger charge is 2.31. The minimum Gasteiger partial charge on any atom is -0.469 e. The maximum atomic E-state index is 14.6. The number of benzene rings is 1. The molecule has 7 nitrogen and oxygen atoms in total. The van der Waals surface area contributed by atoms with Crippen LogP contribution in [-0.2, 0) is 33.7 Å². The van der Waals surface area contributed by atoms with Crippen LogP contribution < -0.4 is 0 Å². The second kappa shape index (κ2) is 8.14. The predicted molar refractivity (Wildman–Crippen MR) is 107 cm³/mol. The fourth-order valence-corrected chi connectivity index (χ4v) is 3.50. The first-order valence-electron chi connectivity index (χ1n) is 9.19. The molecule has 1 amide bonds. The number of nitrogens with zero attached hydrogens (tertiary/aromatic N) is 3. The molecule has 9 heteroatoms. The minimum atomic E-state index is -0.614. The van der Waals surface area contributed by atoms with Gasteiger partial charge >= 0.3 is 12.1 Å². The number of rotatable bonds is 3. The lowest BCUT2D eigenvalue weighted by molar-refractivity contribution is -0.139. The molecular weight excluding hydrogens is 445 g/mol. The number of methoxy groups -OCH3 is 1. The lowest BCUT2D eigenvalue weighted by Gasteiger charge is -2.30. The Morgan fingerprint density at radius 3 is 2.66 bits per heavy atom. The van der Waals surface area contributed by atoms with Crippen molar-refractivity contribution in [2.75, 3.05) is 13.7 Å². The third-order valence-electron chi connectivity index (χ3n) is 4.47. The van der Waals surface area contributed by atoms with Gasteiger partial charge in [0, 0.05) is 23.0 Å². The average molecular weight is 468 g/mol. The summed E-state index contributed by atoms with van der Waals surface area (Å²) < 4.78 is 26.9. The van der Waals surface area contributed by atoms with Crippen molar-refractivity contribution in [2.24, 2.45) is 0 Å². The molecule has 0 saturated carbocycles. The molecule has 1 aliphatic rings. The molecular formula is C20H23BrFN3O4. The van der Waals surface area contributed by atoms with E-state index in [9.17, 15) is 14.0 Å². The first-order valence-corrected chi connectivity index (χ1v) is 9.98. The summed E-state index contributed by atoms with van der Waals surface area (Å²) in [6, 6.07) is 4.70. The van der Waals surface area contributed by atoms with Gasteiger partial charge in [-0.2, -0.15) is 5.10 Å². The van der Waals surface area contributed by atoms with Crippen molar-refractivity contribution < 1.29 is 23.5 Å². The van der Waals surface area contributed by atoms with Gasteiger partial charge in [0.15, 0.2) is 0 Å². The molecule has 2 heterocycles. The van der Waals surface area contributed by atoms with Crippen LogP contribution in [0.15, 0.2) is 22.7 Å². The van der Waals surface area contributed by atoms with E-state index in [1.165, 1.54) is 17.9 Å². The van der Waals surface area contributed by atoms with E-state index in [0.717, 1.165) is 11.3 Å². The molecule has 1 aromatic heterocycles. The molecule has 1 aliphatic heterocycles. The number of ether oxygens (including phenoxy) is 2. The largest absolute Gasteiger partial charge is 0.469 e. The van der Waals surface area contributed by atoms with Gasteiger partial charge < -0.3 is 14.4 Å². The third-order valence-corrected chi connectivity index (χ3v) is 4.96. The molecule has 0 atom stereocenters. The first kappa shape index (κ1) is 21.3. The van der Waals surface area contributed by atoms with E-state index >= 15 is 0 Å². The number of esters is 1. The van der Waals surface area contributed by atoms with Gasteiger partial charge in [0.2, 0.25) is 0 Å². The van der Waals surface area contributed by atoms with E-state index in [-0.39, 0.29) is 18.7 Å². The summed E-state index contributed by atoms with van der Waals surface area (Å²) in [5, 5.41) is 4.49. The Balaban J connectivity index is 2.00. The Kier molecular flexibility index (Phi) is 5.97. The van der Waals surface area contributed by atoms with Gasteiger partial charge in [-0.1, -0.05) is 15.9 Å². The van der Waals surface area contributed by atoms with Crippen molar-refractivity contribution in [3.05, 3.63) is 45.4 Å². The van der Waals surface area contributed by atoms with E-state index in [4.69, 9.17) is 9.47 Å². The van der Waals surface area contributed by atoms with Crippen molar-refractivity contribution in [1.29, 1.82) is 0 Å². The van der Waals surface area contributed by atoms with Crippen molar-refractivity contribution in [3.63, 3.8) is 0 Å². The van der Waals surface area contributed by atoms with Gasteiger partial charge in [-0.25, -0.2) is 13.9 Å². The van der Waals surface area contributed by atoms with Crippen LogP contribution in [0.3, 0.4) is 0 Å².